The fourth-order valence-electron chi connectivity index (χ4n) is 1.14. The molecule has 0 saturated heterocycles. The summed E-state index contributed by atoms with van der Waals surface area (Å²) in [5, 5.41) is 25.8. The van der Waals surface area contributed by atoms with Crippen LogP contribution in [0.4, 0.5) is 0 Å². The molecule has 3 heterocycles. The largest absolute Gasteiger partial charge is 0.421 e. The van der Waals surface area contributed by atoms with E-state index in [0.29, 0.717) is 11.4 Å². The molecule has 3 aromatic heterocycles. The van der Waals surface area contributed by atoms with Crippen LogP contribution in [0.5, 0.6) is 0 Å². The lowest BCUT2D eigenvalue weighted by atomic mass is 10.3. The lowest BCUT2D eigenvalue weighted by Gasteiger charge is -1.96. The van der Waals surface area contributed by atoms with Crippen molar-refractivity contribution < 1.29 is 4.42 Å². The van der Waals surface area contributed by atoms with Crippen molar-refractivity contribution in [2.24, 2.45) is 0 Å². The van der Waals surface area contributed by atoms with E-state index in [1.807, 2.05) is 0 Å². The Bertz CT molecular complexity index is 593. The maximum atomic E-state index is 4.94. The van der Waals surface area contributed by atoms with Crippen LogP contribution in [0, 0.1) is 0 Å². The van der Waals surface area contributed by atoms with Crippen LogP contribution in [0.1, 0.15) is 0 Å². The van der Waals surface area contributed by atoms with Crippen LogP contribution < -0.4 is 0 Å². The monoisotopic (exact) mass is 228 g/mol. The average Bonchev–Trinajstić information content (AvgIpc) is 2.94. The van der Waals surface area contributed by atoms with Crippen molar-refractivity contribution >= 4 is 0 Å². The van der Waals surface area contributed by atoms with Crippen LogP contribution in [-0.2, 0) is 0 Å². The normalized spacial score (nSPS) is 10.4. The van der Waals surface area contributed by atoms with E-state index in [0.717, 1.165) is 0 Å². The Kier molecular flexibility index (Phi) is 2.19. The lowest BCUT2D eigenvalue weighted by Crippen LogP contribution is -1.97. The van der Waals surface area contributed by atoms with E-state index in [1.165, 1.54) is 18.8 Å². The molecule has 0 aromatic carbocycles. The van der Waals surface area contributed by atoms with Gasteiger partial charge in [-0.3, -0.25) is 0 Å². The highest BCUT2D eigenvalue weighted by atomic mass is 16.4. The summed E-state index contributed by atoms with van der Waals surface area (Å²) in [4.78, 5) is 4.04. The van der Waals surface area contributed by atoms with E-state index in [4.69, 9.17) is 4.42 Å². The van der Waals surface area contributed by atoms with Crippen molar-refractivity contribution in [3.63, 3.8) is 0 Å². The molecule has 9 heteroatoms. The van der Waals surface area contributed by atoms with E-state index < -0.39 is 0 Å². The van der Waals surface area contributed by atoms with E-state index in [-0.39, 0.29) is 11.7 Å². The molecular weight excluding hydrogens is 224 g/mol. The fourth-order valence-corrected chi connectivity index (χ4v) is 1.14. The van der Waals surface area contributed by atoms with Gasteiger partial charge in [-0.05, 0) is 11.3 Å². The number of rotatable bonds is 2. The van der Waals surface area contributed by atoms with Crippen LogP contribution >= 0.6 is 0 Å². The molecule has 0 spiro atoms. The molecule has 0 atom stereocenters. The third-order valence-electron chi connectivity index (χ3n) is 1.88. The Morgan fingerprint density at radius 3 is 2.59 bits per heavy atom. The Morgan fingerprint density at radius 1 is 0.941 bits per heavy atom. The third-order valence-corrected chi connectivity index (χ3v) is 1.88. The summed E-state index contributed by atoms with van der Waals surface area (Å²) in [7, 11) is 0. The first-order chi connectivity index (χ1) is 8.43. The van der Waals surface area contributed by atoms with Crippen molar-refractivity contribution in [2.45, 2.75) is 0 Å². The van der Waals surface area contributed by atoms with Gasteiger partial charge < -0.3 is 4.42 Å². The highest BCUT2D eigenvalue weighted by molar-refractivity contribution is 5.51. The molecule has 3 rings (SSSR count). The smallest absolute Gasteiger partial charge is 0.287 e. The summed E-state index contributed by atoms with van der Waals surface area (Å²) < 4.78 is 4.94. The zero-order chi connectivity index (χ0) is 11.5. The second kappa shape index (κ2) is 3.96. The highest BCUT2D eigenvalue weighted by Gasteiger charge is 2.09. The first-order valence-corrected chi connectivity index (χ1v) is 4.54. The number of hydrogen-bond acceptors (Lipinski definition) is 9. The third kappa shape index (κ3) is 1.80. The summed E-state index contributed by atoms with van der Waals surface area (Å²) >= 11 is 0. The van der Waals surface area contributed by atoms with Crippen LogP contribution in [0.2, 0.25) is 0 Å². The van der Waals surface area contributed by atoms with Crippen LogP contribution in [0.3, 0.4) is 0 Å². The van der Waals surface area contributed by atoms with Gasteiger partial charge in [0.2, 0.25) is 12.2 Å². The number of aromatic nitrogens is 8. The van der Waals surface area contributed by atoms with Crippen molar-refractivity contribution in [3.05, 3.63) is 24.9 Å². The average molecular weight is 228 g/mol. The van der Waals surface area contributed by atoms with Crippen molar-refractivity contribution in [2.75, 3.05) is 0 Å². The molecule has 3 aromatic rings. The van der Waals surface area contributed by atoms with Gasteiger partial charge in [0, 0.05) is 0 Å². The topological polar surface area (TPSA) is 116 Å². The van der Waals surface area contributed by atoms with Crippen LogP contribution in [-0.4, -0.2) is 40.8 Å². The van der Waals surface area contributed by atoms with Gasteiger partial charge in [-0.25, -0.2) is 4.98 Å². The van der Waals surface area contributed by atoms with E-state index in [1.54, 1.807) is 6.07 Å². The van der Waals surface area contributed by atoms with Crippen LogP contribution in [0.25, 0.3) is 23.1 Å². The van der Waals surface area contributed by atoms with E-state index in [9.17, 15) is 0 Å². The van der Waals surface area contributed by atoms with Crippen molar-refractivity contribution in [1.29, 1.82) is 0 Å². The summed E-state index contributed by atoms with van der Waals surface area (Å²) in [6.07, 6.45) is 4.20. The minimum absolute atomic E-state index is 0.213. The molecule has 0 aliphatic heterocycles. The van der Waals surface area contributed by atoms with Gasteiger partial charge in [-0.15, -0.1) is 30.6 Å². The van der Waals surface area contributed by atoms with E-state index in [2.05, 4.69) is 40.8 Å². The molecule has 0 N–H and O–H groups in total. The van der Waals surface area contributed by atoms with Crippen LogP contribution in [0.15, 0.2) is 29.3 Å². The number of hydrogen-bond donors (Lipinski definition) is 0. The summed E-state index contributed by atoms with van der Waals surface area (Å²) in [5.74, 6) is 0.470. The zero-order valence-electron chi connectivity index (χ0n) is 8.30. The van der Waals surface area contributed by atoms with Crippen molar-refractivity contribution in [3.8, 4) is 23.1 Å². The minimum atomic E-state index is 0.213. The first kappa shape index (κ1) is 9.39. The standard InChI is InChI=1S/C8H4N8O/c1-2-10-16-13-5(1)6-3-9-7(14-12-6)8-15-11-4-17-8/h1-4H. The maximum Gasteiger partial charge on any atom is 0.287 e. The molecule has 17 heavy (non-hydrogen) atoms. The van der Waals surface area contributed by atoms with Gasteiger partial charge >= 0.3 is 0 Å². The van der Waals surface area contributed by atoms with Gasteiger partial charge in [-0.2, -0.15) is 0 Å². The molecule has 0 aliphatic rings. The van der Waals surface area contributed by atoms with Gasteiger partial charge in [0.1, 0.15) is 11.4 Å². The predicted molar refractivity (Wildman–Crippen MR) is 51.9 cm³/mol. The minimum Gasteiger partial charge on any atom is -0.421 e. The Hall–Kier alpha value is -2.84. The Labute approximate surface area is 94.0 Å². The lowest BCUT2D eigenvalue weighted by molar-refractivity contribution is 0.562. The van der Waals surface area contributed by atoms with Crippen molar-refractivity contribution in [1.82, 2.24) is 40.8 Å². The van der Waals surface area contributed by atoms with Gasteiger partial charge in [0.15, 0.2) is 0 Å². The molecule has 0 radical (unpaired) electrons. The molecule has 0 amide bonds. The molecule has 0 aliphatic carbocycles. The second-order valence-corrected chi connectivity index (χ2v) is 2.92. The fraction of sp³-hybridized carbons (Fsp3) is 0. The molecule has 0 unspecified atom stereocenters. The molecule has 0 bridgehead atoms. The second-order valence-electron chi connectivity index (χ2n) is 2.92. The SMILES string of the molecule is c1cc(-c2cnc(-c3nnco3)nn2)nnn1. The molecular formula is C8H4N8O. The predicted octanol–water partition coefficient (Wildman–Crippen LogP) is -0.226. The van der Waals surface area contributed by atoms with E-state index >= 15 is 0 Å². The number of nitrogens with zero attached hydrogens (tertiary/aromatic N) is 8. The van der Waals surface area contributed by atoms with Gasteiger partial charge in [0.05, 0.1) is 12.4 Å². The molecule has 0 fully saturated rings. The van der Waals surface area contributed by atoms with Gasteiger partial charge in [-0.1, -0.05) is 0 Å². The zero-order valence-corrected chi connectivity index (χ0v) is 8.30. The molecule has 82 valence electrons. The summed E-state index contributed by atoms with van der Waals surface area (Å²) in [5.41, 5.74) is 1.03. The molecule has 9 nitrogen and oxygen atoms in total. The quantitative estimate of drug-likeness (QED) is 0.586. The maximum absolute atomic E-state index is 4.94. The van der Waals surface area contributed by atoms with Gasteiger partial charge in [0.25, 0.3) is 5.89 Å². The first-order valence-electron chi connectivity index (χ1n) is 4.54. The summed E-state index contributed by atoms with van der Waals surface area (Å²) in [6, 6.07) is 1.66. The highest BCUT2D eigenvalue weighted by Crippen LogP contribution is 2.12. The Balaban J connectivity index is 1.96. The molecule has 0 saturated carbocycles. The Morgan fingerprint density at radius 2 is 1.94 bits per heavy atom. The summed E-state index contributed by atoms with van der Waals surface area (Å²) in [6.45, 7) is 0.